The molecular formula is C11H22ClNO. The molecule has 0 spiro atoms. The molecule has 84 valence electrons. The van der Waals surface area contributed by atoms with E-state index in [4.69, 9.17) is 16.3 Å². The fourth-order valence-corrected chi connectivity index (χ4v) is 2.54. The van der Waals surface area contributed by atoms with Crippen LogP contribution in [-0.4, -0.2) is 43.1 Å². The number of halogens is 1. The van der Waals surface area contributed by atoms with E-state index in [1.165, 1.54) is 13.0 Å². The first-order valence-corrected chi connectivity index (χ1v) is 6.20. The Hall–Kier alpha value is 0.210. The predicted molar refractivity (Wildman–Crippen MR) is 61.0 cm³/mol. The molecule has 1 saturated heterocycles. The Labute approximate surface area is 92.6 Å². The van der Waals surface area contributed by atoms with Gasteiger partial charge in [0.25, 0.3) is 0 Å². The Bertz CT molecular complexity index is 154. The summed E-state index contributed by atoms with van der Waals surface area (Å²) in [6, 6.07) is 0.571. The van der Waals surface area contributed by atoms with E-state index >= 15 is 0 Å². The highest BCUT2D eigenvalue weighted by molar-refractivity contribution is 6.18. The van der Waals surface area contributed by atoms with Gasteiger partial charge in [-0.3, -0.25) is 4.90 Å². The molecule has 0 amide bonds. The lowest BCUT2D eigenvalue weighted by Gasteiger charge is -2.24. The van der Waals surface area contributed by atoms with Gasteiger partial charge in [-0.25, -0.2) is 0 Å². The summed E-state index contributed by atoms with van der Waals surface area (Å²) in [5, 5.41) is 0. The third-order valence-electron chi connectivity index (χ3n) is 3.03. The Morgan fingerprint density at radius 2 is 2.21 bits per heavy atom. The molecule has 14 heavy (non-hydrogen) atoms. The molecule has 0 aromatic carbocycles. The van der Waals surface area contributed by atoms with Crippen LogP contribution in [0.2, 0.25) is 0 Å². The predicted octanol–water partition coefficient (Wildman–Crippen LogP) is 2.36. The maximum atomic E-state index is 5.96. The molecule has 1 fully saturated rings. The molecule has 1 rings (SSSR count). The van der Waals surface area contributed by atoms with E-state index in [9.17, 15) is 0 Å². The van der Waals surface area contributed by atoms with Crippen molar-refractivity contribution in [3.63, 3.8) is 0 Å². The molecule has 0 aromatic heterocycles. The van der Waals surface area contributed by atoms with Crippen LogP contribution in [0, 0.1) is 5.92 Å². The van der Waals surface area contributed by atoms with Gasteiger partial charge >= 0.3 is 0 Å². The second kappa shape index (κ2) is 6.65. The minimum atomic E-state index is 0.571. The quantitative estimate of drug-likeness (QED) is 0.503. The van der Waals surface area contributed by atoms with Gasteiger partial charge in [0, 0.05) is 25.1 Å². The van der Waals surface area contributed by atoms with Crippen molar-refractivity contribution in [1.82, 2.24) is 4.90 Å². The van der Waals surface area contributed by atoms with E-state index in [2.05, 4.69) is 18.7 Å². The largest absolute Gasteiger partial charge is 0.380 e. The van der Waals surface area contributed by atoms with E-state index < -0.39 is 0 Å². The fraction of sp³-hybridized carbons (Fsp3) is 1.00. The standard InChI is InChI=1S/C11H22ClNO/c1-3-7-14-8-6-13-5-4-10(2)11(13)9-12/h10-11H,3-9H2,1-2H3. The van der Waals surface area contributed by atoms with Crippen LogP contribution in [0.25, 0.3) is 0 Å². The van der Waals surface area contributed by atoms with Crippen molar-refractivity contribution in [3.8, 4) is 0 Å². The van der Waals surface area contributed by atoms with Crippen LogP contribution in [0.3, 0.4) is 0 Å². The lowest BCUT2D eigenvalue weighted by atomic mass is 10.1. The summed E-state index contributed by atoms with van der Waals surface area (Å²) in [6.45, 7) is 8.40. The first kappa shape index (κ1) is 12.3. The van der Waals surface area contributed by atoms with Crippen molar-refractivity contribution in [2.75, 3.05) is 32.2 Å². The van der Waals surface area contributed by atoms with Crippen LogP contribution < -0.4 is 0 Å². The zero-order valence-electron chi connectivity index (χ0n) is 9.34. The van der Waals surface area contributed by atoms with Gasteiger partial charge in [0.2, 0.25) is 0 Å². The topological polar surface area (TPSA) is 12.5 Å². The highest BCUT2D eigenvalue weighted by Gasteiger charge is 2.29. The highest BCUT2D eigenvalue weighted by atomic mass is 35.5. The van der Waals surface area contributed by atoms with Crippen molar-refractivity contribution in [2.24, 2.45) is 5.92 Å². The van der Waals surface area contributed by atoms with Crippen molar-refractivity contribution >= 4 is 11.6 Å². The molecule has 2 unspecified atom stereocenters. The lowest BCUT2D eigenvalue weighted by Crippen LogP contribution is -2.36. The average molecular weight is 220 g/mol. The van der Waals surface area contributed by atoms with Crippen LogP contribution >= 0.6 is 11.6 Å². The van der Waals surface area contributed by atoms with Gasteiger partial charge in [0.15, 0.2) is 0 Å². The number of alkyl halides is 1. The molecule has 0 aromatic rings. The lowest BCUT2D eigenvalue weighted by molar-refractivity contribution is 0.0999. The van der Waals surface area contributed by atoms with E-state index in [1.54, 1.807) is 0 Å². The molecule has 1 aliphatic rings. The van der Waals surface area contributed by atoms with E-state index in [0.29, 0.717) is 6.04 Å². The SMILES string of the molecule is CCCOCCN1CCC(C)C1CCl. The van der Waals surface area contributed by atoms with Crippen LogP contribution in [-0.2, 0) is 4.74 Å². The highest BCUT2D eigenvalue weighted by Crippen LogP contribution is 2.24. The molecule has 0 radical (unpaired) electrons. The van der Waals surface area contributed by atoms with Gasteiger partial charge in [-0.05, 0) is 25.3 Å². The zero-order valence-corrected chi connectivity index (χ0v) is 10.1. The molecule has 2 atom stereocenters. The second-order valence-electron chi connectivity index (χ2n) is 4.14. The van der Waals surface area contributed by atoms with Crippen LogP contribution in [0.1, 0.15) is 26.7 Å². The number of rotatable bonds is 6. The number of hydrogen-bond donors (Lipinski definition) is 0. The van der Waals surface area contributed by atoms with Crippen LogP contribution in [0.4, 0.5) is 0 Å². The molecular weight excluding hydrogens is 198 g/mol. The number of hydrogen-bond acceptors (Lipinski definition) is 2. The smallest absolute Gasteiger partial charge is 0.0593 e. The van der Waals surface area contributed by atoms with Gasteiger partial charge in [0.05, 0.1) is 6.61 Å². The molecule has 0 aliphatic carbocycles. The van der Waals surface area contributed by atoms with E-state index in [0.717, 1.165) is 38.0 Å². The third kappa shape index (κ3) is 3.41. The summed E-state index contributed by atoms with van der Waals surface area (Å²) >= 11 is 5.96. The first-order valence-electron chi connectivity index (χ1n) is 5.67. The Kier molecular flexibility index (Phi) is 5.83. The molecule has 3 heteroatoms. The van der Waals surface area contributed by atoms with Crippen LogP contribution in [0.5, 0.6) is 0 Å². The minimum Gasteiger partial charge on any atom is -0.380 e. The molecule has 1 heterocycles. The molecule has 0 bridgehead atoms. The maximum absolute atomic E-state index is 5.96. The normalized spacial score (nSPS) is 28.5. The Morgan fingerprint density at radius 3 is 2.86 bits per heavy atom. The summed E-state index contributed by atoms with van der Waals surface area (Å²) in [5.74, 6) is 1.51. The Morgan fingerprint density at radius 1 is 1.43 bits per heavy atom. The van der Waals surface area contributed by atoms with Crippen molar-refractivity contribution in [2.45, 2.75) is 32.7 Å². The van der Waals surface area contributed by atoms with E-state index in [-0.39, 0.29) is 0 Å². The summed E-state index contributed by atoms with van der Waals surface area (Å²) in [7, 11) is 0. The summed E-state index contributed by atoms with van der Waals surface area (Å²) in [4.78, 5) is 2.47. The van der Waals surface area contributed by atoms with Crippen LogP contribution in [0.15, 0.2) is 0 Å². The first-order chi connectivity index (χ1) is 6.79. The molecule has 0 saturated carbocycles. The third-order valence-corrected chi connectivity index (χ3v) is 3.34. The van der Waals surface area contributed by atoms with Crippen molar-refractivity contribution in [3.05, 3.63) is 0 Å². The number of nitrogens with zero attached hydrogens (tertiary/aromatic N) is 1. The summed E-state index contributed by atoms with van der Waals surface area (Å²) in [6.07, 6.45) is 2.39. The van der Waals surface area contributed by atoms with Gasteiger partial charge in [-0.1, -0.05) is 13.8 Å². The number of likely N-dealkylation sites (tertiary alicyclic amines) is 1. The van der Waals surface area contributed by atoms with Gasteiger partial charge < -0.3 is 4.74 Å². The average Bonchev–Trinajstić information content (AvgIpc) is 2.54. The molecule has 1 aliphatic heterocycles. The Balaban J connectivity index is 2.17. The van der Waals surface area contributed by atoms with E-state index in [1.807, 2.05) is 0 Å². The minimum absolute atomic E-state index is 0.571. The summed E-state index contributed by atoms with van der Waals surface area (Å²) in [5.41, 5.74) is 0. The fourth-order valence-electron chi connectivity index (χ4n) is 2.04. The van der Waals surface area contributed by atoms with Gasteiger partial charge in [-0.15, -0.1) is 11.6 Å². The second-order valence-corrected chi connectivity index (χ2v) is 4.44. The van der Waals surface area contributed by atoms with Gasteiger partial charge in [0.1, 0.15) is 0 Å². The van der Waals surface area contributed by atoms with Crippen molar-refractivity contribution < 1.29 is 4.74 Å². The van der Waals surface area contributed by atoms with Gasteiger partial charge in [-0.2, -0.15) is 0 Å². The molecule has 2 nitrogen and oxygen atoms in total. The zero-order chi connectivity index (χ0) is 10.4. The summed E-state index contributed by atoms with van der Waals surface area (Å²) < 4.78 is 5.49. The monoisotopic (exact) mass is 219 g/mol. The molecule has 0 N–H and O–H groups in total. The van der Waals surface area contributed by atoms with Crippen molar-refractivity contribution in [1.29, 1.82) is 0 Å². The maximum Gasteiger partial charge on any atom is 0.0593 e. The number of ether oxygens (including phenoxy) is 1.